The molecule has 0 saturated carbocycles. The molecule has 4 aromatic carbocycles. The van der Waals surface area contributed by atoms with Gasteiger partial charge in [-0.25, -0.2) is 9.78 Å². The average Bonchev–Trinajstić information content (AvgIpc) is 3.48. The molecule has 0 aliphatic carbocycles. The molecule has 0 amide bonds. The van der Waals surface area contributed by atoms with Gasteiger partial charge in [-0.1, -0.05) is 97.1 Å². The minimum atomic E-state index is -1.23. The molecule has 2 N–H and O–H groups in total. The summed E-state index contributed by atoms with van der Waals surface area (Å²) in [6.45, 7) is 0.441. The van der Waals surface area contributed by atoms with Crippen LogP contribution in [0.25, 0.3) is 10.9 Å². The van der Waals surface area contributed by atoms with E-state index in [1.54, 1.807) is 23.9 Å². The van der Waals surface area contributed by atoms with Crippen molar-refractivity contribution in [2.24, 2.45) is 7.05 Å². The summed E-state index contributed by atoms with van der Waals surface area (Å²) in [5.74, 6) is -0.555. The van der Waals surface area contributed by atoms with Crippen LogP contribution < -0.4 is 10.7 Å². The zero-order valence-electron chi connectivity index (χ0n) is 22.4. The van der Waals surface area contributed by atoms with E-state index >= 15 is 0 Å². The highest BCUT2D eigenvalue weighted by Gasteiger charge is 2.39. The van der Waals surface area contributed by atoms with Crippen LogP contribution in [0.2, 0.25) is 0 Å². The van der Waals surface area contributed by atoms with Gasteiger partial charge < -0.3 is 15.0 Å². The van der Waals surface area contributed by atoms with Gasteiger partial charge in [0.15, 0.2) is 0 Å². The maximum Gasteiger partial charge on any atom is 0.341 e. The van der Waals surface area contributed by atoms with E-state index in [-0.39, 0.29) is 5.56 Å². The first kappa shape index (κ1) is 25.8. The van der Waals surface area contributed by atoms with Gasteiger partial charge >= 0.3 is 5.97 Å². The molecule has 0 aliphatic heterocycles. The number of carbonyl (C=O) groups is 1. The van der Waals surface area contributed by atoms with Crippen LogP contribution in [0, 0.1) is 0 Å². The molecule has 6 rings (SSSR count). The van der Waals surface area contributed by atoms with Crippen molar-refractivity contribution in [1.82, 2.24) is 14.1 Å². The van der Waals surface area contributed by atoms with E-state index in [4.69, 9.17) is 4.98 Å². The smallest absolute Gasteiger partial charge is 0.341 e. The van der Waals surface area contributed by atoms with E-state index in [0.717, 1.165) is 22.3 Å². The van der Waals surface area contributed by atoms with Gasteiger partial charge in [0.2, 0.25) is 11.4 Å². The van der Waals surface area contributed by atoms with Crippen molar-refractivity contribution in [3.8, 4) is 0 Å². The van der Waals surface area contributed by atoms with E-state index in [1.807, 2.05) is 36.5 Å². The number of aromatic carboxylic acids is 1. The highest BCUT2D eigenvalue weighted by Crippen LogP contribution is 2.42. The topological polar surface area (TPSA) is 89.2 Å². The second-order valence-corrected chi connectivity index (χ2v) is 9.92. The molecule has 0 radical (unpaired) electrons. The van der Waals surface area contributed by atoms with Gasteiger partial charge in [0.1, 0.15) is 11.1 Å². The Hall–Kier alpha value is -5.43. The van der Waals surface area contributed by atoms with E-state index < -0.39 is 16.9 Å². The Bertz CT molecular complexity index is 1800. The third kappa shape index (κ3) is 4.47. The fourth-order valence-electron chi connectivity index (χ4n) is 5.63. The van der Waals surface area contributed by atoms with Gasteiger partial charge in [0, 0.05) is 37.6 Å². The second-order valence-electron chi connectivity index (χ2n) is 9.92. The largest absolute Gasteiger partial charge is 0.477 e. The molecule has 202 valence electrons. The SMILES string of the molecule is Cn1cc(C(=O)O)c(=O)c2ccc(CNc3nccn3C(c3ccccc3)(c3ccccc3)c3ccccc3)cc21. The maximum atomic E-state index is 12.7. The van der Waals surface area contributed by atoms with Crippen molar-refractivity contribution >= 4 is 22.8 Å². The predicted octanol–water partition coefficient (Wildman–Crippen LogP) is 5.89. The number of carboxylic acid groups (broad SMARTS) is 1. The molecular weight excluding hydrogens is 512 g/mol. The zero-order valence-corrected chi connectivity index (χ0v) is 22.4. The highest BCUT2D eigenvalue weighted by atomic mass is 16.4. The number of nitrogens with one attached hydrogen (secondary N) is 1. The number of aromatic nitrogens is 3. The molecule has 2 aromatic heterocycles. The molecule has 7 nitrogen and oxygen atoms in total. The summed E-state index contributed by atoms with van der Waals surface area (Å²) in [6, 6.07) is 36.6. The van der Waals surface area contributed by atoms with E-state index in [1.165, 1.54) is 6.20 Å². The summed E-state index contributed by atoms with van der Waals surface area (Å²) in [6.07, 6.45) is 5.15. The fraction of sp³-hybridized carbons (Fsp3) is 0.0882. The summed E-state index contributed by atoms with van der Waals surface area (Å²) in [7, 11) is 1.74. The number of carboxylic acids is 1. The maximum absolute atomic E-state index is 12.7. The quantitative estimate of drug-likeness (QED) is 0.235. The van der Waals surface area contributed by atoms with Gasteiger partial charge in [-0.15, -0.1) is 0 Å². The molecule has 2 heterocycles. The second kappa shape index (κ2) is 10.6. The molecule has 6 aromatic rings. The van der Waals surface area contributed by atoms with Crippen LogP contribution in [0.5, 0.6) is 0 Å². The standard InChI is InChI=1S/C34H28N4O3/c1-37-23-29(32(40)41)31(39)28-18-17-24(21-30(28)37)22-36-33-35-19-20-38(33)34(25-11-5-2-6-12-25,26-13-7-3-8-14-26)27-15-9-4-10-16-27/h2-21,23H,22H2,1H3,(H,35,36)(H,40,41). The molecule has 0 spiro atoms. The number of imidazole rings is 1. The first-order valence-corrected chi connectivity index (χ1v) is 13.3. The van der Waals surface area contributed by atoms with E-state index in [2.05, 4.69) is 82.7 Å². The molecule has 0 fully saturated rings. The zero-order chi connectivity index (χ0) is 28.4. The number of hydrogen-bond acceptors (Lipinski definition) is 4. The lowest BCUT2D eigenvalue weighted by molar-refractivity contribution is 0.0695. The normalized spacial score (nSPS) is 11.4. The Kier molecular flexibility index (Phi) is 6.69. The molecule has 0 atom stereocenters. The molecule has 7 heteroatoms. The summed E-state index contributed by atoms with van der Waals surface area (Å²) in [5, 5.41) is 13.3. The van der Waals surface area contributed by atoms with Crippen molar-refractivity contribution < 1.29 is 9.90 Å². The summed E-state index contributed by atoms with van der Waals surface area (Å²) in [4.78, 5) is 29.0. The predicted molar refractivity (Wildman–Crippen MR) is 160 cm³/mol. The van der Waals surface area contributed by atoms with E-state index in [9.17, 15) is 14.7 Å². The monoisotopic (exact) mass is 540 g/mol. The highest BCUT2D eigenvalue weighted by molar-refractivity contribution is 5.92. The van der Waals surface area contributed by atoms with Crippen LogP contribution in [0.15, 0.2) is 133 Å². The Labute approximate surface area is 237 Å². The summed E-state index contributed by atoms with van der Waals surface area (Å²) < 4.78 is 3.85. The summed E-state index contributed by atoms with van der Waals surface area (Å²) >= 11 is 0. The molecule has 0 saturated heterocycles. The van der Waals surface area contributed by atoms with Crippen molar-refractivity contribution in [2.75, 3.05) is 5.32 Å². The number of anilines is 1. The Morgan fingerprint density at radius 1 is 0.854 bits per heavy atom. The van der Waals surface area contributed by atoms with Crippen LogP contribution in [-0.2, 0) is 19.1 Å². The van der Waals surface area contributed by atoms with E-state index in [0.29, 0.717) is 23.4 Å². The first-order chi connectivity index (χ1) is 20.0. The number of pyridine rings is 1. The molecule has 0 unspecified atom stereocenters. The number of nitrogens with zero attached hydrogens (tertiary/aromatic N) is 3. The van der Waals surface area contributed by atoms with Gasteiger partial charge in [0.25, 0.3) is 0 Å². The van der Waals surface area contributed by atoms with Crippen LogP contribution >= 0.6 is 0 Å². The third-order valence-corrected chi connectivity index (χ3v) is 7.51. The Morgan fingerprint density at radius 2 is 1.41 bits per heavy atom. The van der Waals surface area contributed by atoms with Gasteiger partial charge in [-0.05, 0) is 34.4 Å². The number of hydrogen-bond donors (Lipinski definition) is 2. The van der Waals surface area contributed by atoms with Crippen molar-refractivity contribution in [3.63, 3.8) is 0 Å². The molecule has 0 bridgehead atoms. The first-order valence-electron chi connectivity index (χ1n) is 13.3. The lowest BCUT2D eigenvalue weighted by atomic mass is 9.76. The minimum absolute atomic E-state index is 0.244. The van der Waals surface area contributed by atoms with Crippen molar-refractivity contribution in [3.05, 3.63) is 166 Å². The fourth-order valence-corrected chi connectivity index (χ4v) is 5.63. The van der Waals surface area contributed by atoms with Crippen molar-refractivity contribution in [2.45, 2.75) is 12.1 Å². The Balaban J connectivity index is 1.45. The average molecular weight is 541 g/mol. The van der Waals surface area contributed by atoms with Crippen molar-refractivity contribution in [1.29, 1.82) is 0 Å². The van der Waals surface area contributed by atoms with Crippen LogP contribution in [-0.4, -0.2) is 25.2 Å². The summed E-state index contributed by atoms with van der Waals surface area (Å²) in [5.41, 5.74) is 3.43. The molecular formula is C34H28N4O3. The van der Waals surface area contributed by atoms with Gasteiger partial charge in [0.05, 0.1) is 5.52 Å². The van der Waals surface area contributed by atoms with Crippen LogP contribution in [0.1, 0.15) is 32.6 Å². The van der Waals surface area contributed by atoms with Crippen LogP contribution in [0.3, 0.4) is 0 Å². The Morgan fingerprint density at radius 3 is 1.95 bits per heavy atom. The van der Waals surface area contributed by atoms with Crippen LogP contribution in [0.4, 0.5) is 5.95 Å². The lowest BCUT2D eigenvalue weighted by Gasteiger charge is -2.38. The molecule has 0 aliphatic rings. The minimum Gasteiger partial charge on any atom is -0.477 e. The lowest BCUT2D eigenvalue weighted by Crippen LogP contribution is -2.38. The number of fused-ring (bicyclic) bond motifs is 1. The van der Waals surface area contributed by atoms with Gasteiger partial charge in [-0.3, -0.25) is 9.36 Å². The molecule has 41 heavy (non-hydrogen) atoms. The van der Waals surface area contributed by atoms with Gasteiger partial charge in [-0.2, -0.15) is 0 Å². The number of benzene rings is 4. The number of rotatable bonds is 8. The number of aryl methyl sites for hydroxylation is 1. The third-order valence-electron chi connectivity index (χ3n) is 7.51.